The number of rotatable bonds is 4. The number of nitrogens with zero attached hydrogens (tertiary/aromatic N) is 4. The Morgan fingerprint density at radius 3 is 2.73 bits per heavy atom. The summed E-state index contributed by atoms with van der Waals surface area (Å²) in [5.74, 6) is 1.07. The van der Waals surface area contributed by atoms with Crippen LogP contribution < -0.4 is 5.32 Å². The number of benzene rings is 1. The third-order valence-electron chi connectivity index (χ3n) is 4.97. The Balaban J connectivity index is 1.54. The summed E-state index contributed by atoms with van der Waals surface area (Å²) in [5, 5.41) is 8.10. The van der Waals surface area contributed by atoms with Crippen molar-refractivity contribution in [2.45, 2.75) is 39.8 Å². The van der Waals surface area contributed by atoms with Crippen molar-refractivity contribution in [3.63, 3.8) is 0 Å². The average molecular weight is 349 g/mol. The van der Waals surface area contributed by atoms with Gasteiger partial charge in [-0.25, -0.2) is 4.98 Å². The van der Waals surface area contributed by atoms with Crippen molar-refractivity contribution >= 4 is 17.4 Å². The van der Waals surface area contributed by atoms with Crippen molar-refractivity contribution in [1.29, 1.82) is 0 Å². The van der Waals surface area contributed by atoms with E-state index in [2.05, 4.69) is 27.5 Å². The number of nitrogens with one attached hydrogen (secondary N) is 1. The zero-order valence-corrected chi connectivity index (χ0v) is 15.4. The molecule has 3 aromatic rings. The Labute approximate surface area is 152 Å². The van der Waals surface area contributed by atoms with Crippen molar-refractivity contribution < 1.29 is 4.79 Å². The summed E-state index contributed by atoms with van der Waals surface area (Å²) < 4.78 is 1.85. The quantitative estimate of drug-likeness (QED) is 0.787. The number of carbonyl (C=O) groups is 1. The van der Waals surface area contributed by atoms with E-state index in [9.17, 15) is 4.79 Å². The molecule has 134 valence electrons. The summed E-state index contributed by atoms with van der Waals surface area (Å²) in [7, 11) is 0. The highest BCUT2D eigenvalue weighted by Gasteiger charge is 2.30. The fourth-order valence-electron chi connectivity index (χ4n) is 3.49. The largest absolute Gasteiger partial charge is 0.365 e. The van der Waals surface area contributed by atoms with Gasteiger partial charge in [0.05, 0.1) is 11.7 Å². The summed E-state index contributed by atoms with van der Waals surface area (Å²) >= 11 is 0. The molecule has 1 unspecified atom stereocenters. The first-order valence-corrected chi connectivity index (χ1v) is 8.93. The van der Waals surface area contributed by atoms with Crippen molar-refractivity contribution in [1.82, 2.24) is 19.5 Å². The van der Waals surface area contributed by atoms with Gasteiger partial charge in [0.1, 0.15) is 5.82 Å². The number of hydrogen-bond donors (Lipinski definition) is 1. The topological polar surface area (TPSA) is 62.5 Å². The molecule has 0 saturated carbocycles. The summed E-state index contributed by atoms with van der Waals surface area (Å²) in [6.45, 7) is 7.35. The van der Waals surface area contributed by atoms with Crippen LogP contribution in [0.1, 0.15) is 28.9 Å². The first-order chi connectivity index (χ1) is 12.5. The van der Waals surface area contributed by atoms with Gasteiger partial charge in [0.15, 0.2) is 5.65 Å². The van der Waals surface area contributed by atoms with Gasteiger partial charge < -0.3 is 10.2 Å². The molecule has 1 saturated heterocycles. The number of amides is 1. The van der Waals surface area contributed by atoms with E-state index in [0.717, 1.165) is 34.0 Å². The normalized spacial score (nSPS) is 17.3. The van der Waals surface area contributed by atoms with Gasteiger partial charge in [-0.15, -0.1) is 0 Å². The lowest BCUT2D eigenvalue weighted by molar-refractivity contribution is -0.128. The predicted octanol–water partition coefficient (Wildman–Crippen LogP) is 2.87. The van der Waals surface area contributed by atoms with Crippen LogP contribution in [-0.2, 0) is 11.3 Å². The SMILES string of the molecule is Cc1cc(NC2CC(=O)N(Cc3ccccc3)C2)n2nc(C)c(C)c2n1. The molecule has 1 atom stereocenters. The van der Waals surface area contributed by atoms with Crippen LogP contribution in [0.15, 0.2) is 36.4 Å². The second-order valence-corrected chi connectivity index (χ2v) is 7.03. The van der Waals surface area contributed by atoms with Crippen molar-refractivity contribution in [2.75, 3.05) is 11.9 Å². The molecule has 0 spiro atoms. The fraction of sp³-hybridized carbons (Fsp3) is 0.350. The third-order valence-corrected chi connectivity index (χ3v) is 4.97. The van der Waals surface area contributed by atoms with Crippen LogP contribution in [-0.4, -0.2) is 38.0 Å². The Bertz CT molecular complexity index is 963. The lowest BCUT2D eigenvalue weighted by Crippen LogP contribution is -2.28. The molecule has 0 bridgehead atoms. The molecule has 0 radical (unpaired) electrons. The molecule has 1 aliphatic rings. The van der Waals surface area contributed by atoms with Crippen molar-refractivity contribution in [3.05, 3.63) is 58.9 Å². The Morgan fingerprint density at radius 2 is 1.96 bits per heavy atom. The average Bonchev–Trinajstić information content (AvgIpc) is 3.09. The van der Waals surface area contributed by atoms with Gasteiger partial charge in [0, 0.05) is 36.8 Å². The molecular formula is C20H23N5O. The van der Waals surface area contributed by atoms with E-state index in [0.29, 0.717) is 19.5 Å². The molecule has 3 heterocycles. The van der Waals surface area contributed by atoms with Crippen molar-refractivity contribution in [3.8, 4) is 0 Å². The van der Waals surface area contributed by atoms with Crippen LogP contribution in [0.3, 0.4) is 0 Å². The van der Waals surface area contributed by atoms with Crippen LogP contribution in [0, 0.1) is 20.8 Å². The number of aromatic nitrogens is 3. The van der Waals surface area contributed by atoms with E-state index in [-0.39, 0.29) is 11.9 Å². The molecule has 1 N–H and O–H groups in total. The highest BCUT2D eigenvalue weighted by Crippen LogP contribution is 2.22. The smallest absolute Gasteiger partial charge is 0.225 e. The second kappa shape index (κ2) is 6.44. The van der Waals surface area contributed by atoms with E-state index in [1.54, 1.807) is 0 Å². The molecule has 1 amide bonds. The lowest BCUT2D eigenvalue weighted by Gasteiger charge is -2.18. The molecule has 1 aromatic carbocycles. The molecular weight excluding hydrogens is 326 g/mol. The Kier molecular flexibility index (Phi) is 4.11. The maximum absolute atomic E-state index is 12.4. The highest BCUT2D eigenvalue weighted by molar-refractivity contribution is 5.80. The summed E-state index contributed by atoms with van der Waals surface area (Å²) in [4.78, 5) is 18.9. The van der Waals surface area contributed by atoms with Gasteiger partial charge in [0.2, 0.25) is 5.91 Å². The first kappa shape index (κ1) is 16.6. The summed E-state index contributed by atoms with van der Waals surface area (Å²) in [5.41, 5.74) is 5.02. The number of anilines is 1. The summed E-state index contributed by atoms with van der Waals surface area (Å²) in [6.07, 6.45) is 0.495. The van der Waals surface area contributed by atoms with Gasteiger partial charge in [0.25, 0.3) is 0 Å². The monoisotopic (exact) mass is 349 g/mol. The van der Waals surface area contributed by atoms with E-state index >= 15 is 0 Å². The summed E-state index contributed by atoms with van der Waals surface area (Å²) in [6, 6.07) is 12.2. The van der Waals surface area contributed by atoms with Crippen LogP contribution in [0.4, 0.5) is 5.82 Å². The maximum Gasteiger partial charge on any atom is 0.225 e. The molecule has 26 heavy (non-hydrogen) atoms. The zero-order valence-electron chi connectivity index (χ0n) is 15.4. The Morgan fingerprint density at radius 1 is 1.19 bits per heavy atom. The standard InChI is InChI=1S/C20H23N5O/c1-13-9-18(25-20(21-13)14(2)15(3)23-25)22-17-10-19(26)24(12-17)11-16-7-5-4-6-8-16/h4-9,17,22H,10-12H2,1-3H3. The van der Waals surface area contributed by atoms with Crippen LogP contribution >= 0.6 is 0 Å². The van der Waals surface area contributed by atoms with E-state index in [1.165, 1.54) is 0 Å². The minimum Gasteiger partial charge on any atom is -0.365 e. The van der Waals surface area contributed by atoms with Crippen LogP contribution in [0.2, 0.25) is 0 Å². The fourth-order valence-corrected chi connectivity index (χ4v) is 3.49. The van der Waals surface area contributed by atoms with Gasteiger partial charge >= 0.3 is 0 Å². The van der Waals surface area contributed by atoms with E-state index < -0.39 is 0 Å². The third kappa shape index (κ3) is 3.03. The highest BCUT2D eigenvalue weighted by atomic mass is 16.2. The second-order valence-electron chi connectivity index (χ2n) is 7.03. The minimum atomic E-state index is 0.0704. The molecule has 0 aliphatic carbocycles. The zero-order chi connectivity index (χ0) is 18.3. The lowest BCUT2D eigenvalue weighted by atomic mass is 10.2. The predicted molar refractivity (Wildman–Crippen MR) is 101 cm³/mol. The van der Waals surface area contributed by atoms with E-state index in [1.807, 2.05) is 54.5 Å². The number of likely N-dealkylation sites (tertiary alicyclic amines) is 1. The molecule has 4 rings (SSSR count). The van der Waals surface area contributed by atoms with Gasteiger partial charge in [-0.05, 0) is 26.3 Å². The van der Waals surface area contributed by atoms with Gasteiger partial charge in [-0.3, -0.25) is 4.79 Å². The molecule has 6 heteroatoms. The molecule has 1 aliphatic heterocycles. The molecule has 1 fully saturated rings. The number of aryl methyl sites for hydroxylation is 3. The van der Waals surface area contributed by atoms with Gasteiger partial charge in [-0.2, -0.15) is 9.61 Å². The number of hydrogen-bond acceptors (Lipinski definition) is 4. The van der Waals surface area contributed by atoms with Crippen LogP contribution in [0.25, 0.3) is 5.65 Å². The molecule has 2 aromatic heterocycles. The van der Waals surface area contributed by atoms with Gasteiger partial charge in [-0.1, -0.05) is 30.3 Å². The number of carbonyl (C=O) groups excluding carboxylic acids is 1. The number of fused-ring (bicyclic) bond motifs is 1. The maximum atomic E-state index is 12.4. The van der Waals surface area contributed by atoms with Crippen molar-refractivity contribution in [2.24, 2.45) is 0 Å². The molecule has 6 nitrogen and oxygen atoms in total. The Hall–Kier alpha value is -2.89. The van der Waals surface area contributed by atoms with E-state index in [4.69, 9.17) is 0 Å². The minimum absolute atomic E-state index is 0.0704. The first-order valence-electron chi connectivity index (χ1n) is 8.93. The van der Waals surface area contributed by atoms with Crippen LogP contribution in [0.5, 0.6) is 0 Å².